The van der Waals surface area contributed by atoms with Crippen LogP contribution in [0, 0.1) is 6.42 Å². The molecule has 0 saturated carbocycles. The van der Waals surface area contributed by atoms with Crippen LogP contribution >= 0.6 is 12.6 Å². The topological polar surface area (TPSA) is 12.0 Å². The molecule has 0 aliphatic carbocycles. The Morgan fingerprint density at radius 3 is 2.83 bits per heavy atom. The van der Waals surface area contributed by atoms with Gasteiger partial charge in [-0.1, -0.05) is 0 Å². The zero-order chi connectivity index (χ0) is 4.41. The molecule has 1 aliphatic rings. The van der Waals surface area contributed by atoms with E-state index in [1.807, 2.05) is 0 Å². The fraction of sp³-hybridized carbons (Fsp3) is 0.750. The predicted molar refractivity (Wildman–Crippen MR) is 29.9 cm³/mol. The number of hydrogen-bond acceptors (Lipinski definition) is 2. The Morgan fingerprint density at radius 1 is 1.83 bits per heavy atom. The lowest BCUT2D eigenvalue weighted by molar-refractivity contribution is 0.868. The smallest absolute Gasteiger partial charge is 0.0186 e. The maximum absolute atomic E-state index is 4.17. The Morgan fingerprint density at radius 2 is 2.67 bits per heavy atom. The molecule has 1 saturated heterocycles. The molecule has 2 heteroatoms. The van der Waals surface area contributed by atoms with Gasteiger partial charge in [0.1, 0.15) is 0 Å². The molecule has 6 heavy (non-hydrogen) atoms. The molecule has 0 amide bonds. The van der Waals surface area contributed by atoms with Crippen LogP contribution in [0.2, 0.25) is 0 Å². The molecule has 1 nitrogen and oxygen atoms in total. The summed E-state index contributed by atoms with van der Waals surface area (Å²) < 4.78 is 0. The Hall–Kier alpha value is 0.310. The Bertz CT molecular complexity index is 40.8. The Kier molecular flexibility index (Phi) is 1.37. The summed E-state index contributed by atoms with van der Waals surface area (Å²) in [6.07, 6.45) is 2.16. The molecule has 0 aromatic carbocycles. The summed E-state index contributed by atoms with van der Waals surface area (Å²) in [5.74, 6) is 0. The Balaban J connectivity index is 2.18. The second kappa shape index (κ2) is 1.85. The lowest BCUT2D eigenvalue weighted by Crippen LogP contribution is -2.07. The maximum atomic E-state index is 4.17. The summed E-state index contributed by atoms with van der Waals surface area (Å²) in [5, 5.41) is 3.64. The molecular weight excluding hydrogens is 94.1 g/mol. The highest BCUT2D eigenvalue weighted by Gasteiger charge is 2.07. The fourth-order valence-corrected chi connectivity index (χ4v) is 0.768. The van der Waals surface area contributed by atoms with Crippen LogP contribution in [0.25, 0.3) is 0 Å². The summed E-state index contributed by atoms with van der Waals surface area (Å²) in [7, 11) is 0. The van der Waals surface area contributed by atoms with Gasteiger partial charge in [0.05, 0.1) is 0 Å². The van der Waals surface area contributed by atoms with Crippen LogP contribution in [0.4, 0.5) is 0 Å². The first-order chi connectivity index (χ1) is 2.89. The molecule has 1 aliphatic heterocycles. The number of hydrogen-bond donors (Lipinski definition) is 2. The highest BCUT2D eigenvalue weighted by molar-refractivity contribution is 7.81. The SMILES string of the molecule is SC1[CH]CNC1. The minimum atomic E-state index is 0.505. The summed E-state index contributed by atoms with van der Waals surface area (Å²) in [5.41, 5.74) is 0. The van der Waals surface area contributed by atoms with E-state index < -0.39 is 0 Å². The van der Waals surface area contributed by atoms with E-state index in [1.165, 1.54) is 0 Å². The van der Waals surface area contributed by atoms with Gasteiger partial charge in [-0.3, -0.25) is 0 Å². The predicted octanol–water partition coefficient (Wildman–Crippen LogP) is 0.0923. The van der Waals surface area contributed by atoms with Crippen LogP contribution in [0.15, 0.2) is 0 Å². The minimum absolute atomic E-state index is 0.505. The maximum Gasteiger partial charge on any atom is 0.0186 e. The van der Waals surface area contributed by atoms with Crippen LogP contribution in [0.1, 0.15) is 0 Å². The molecule has 1 radical (unpaired) electrons. The molecule has 1 heterocycles. The van der Waals surface area contributed by atoms with Gasteiger partial charge >= 0.3 is 0 Å². The fourth-order valence-electron chi connectivity index (χ4n) is 0.534. The van der Waals surface area contributed by atoms with E-state index in [4.69, 9.17) is 0 Å². The Labute approximate surface area is 43.5 Å². The van der Waals surface area contributed by atoms with Crippen molar-refractivity contribution in [3.63, 3.8) is 0 Å². The van der Waals surface area contributed by atoms with E-state index in [2.05, 4.69) is 24.4 Å². The minimum Gasteiger partial charge on any atom is -0.315 e. The van der Waals surface area contributed by atoms with Crippen LogP contribution in [0.5, 0.6) is 0 Å². The number of rotatable bonds is 0. The van der Waals surface area contributed by atoms with E-state index in [1.54, 1.807) is 0 Å². The molecule has 35 valence electrons. The summed E-state index contributed by atoms with van der Waals surface area (Å²) in [4.78, 5) is 0. The van der Waals surface area contributed by atoms with Gasteiger partial charge in [0, 0.05) is 11.8 Å². The van der Waals surface area contributed by atoms with E-state index in [0.717, 1.165) is 13.1 Å². The average Bonchev–Trinajstić information content (AvgIpc) is 1.86. The molecule has 1 N–H and O–H groups in total. The van der Waals surface area contributed by atoms with Gasteiger partial charge in [-0.05, 0) is 13.0 Å². The molecule has 0 spiro atoms. The van der Waals surface area contributed by atoms with Gasteiger partial charge in [0.2, 0.25) is 0 Å². The standard InChI is InChI=1S/C4H8NS/c6-4-1-2-5-3-4/h1,4-6H,2-3H2. The first-order valence-corrected chi connectivity index (χ1v) is 2.63. The molecule has 1 rings (SSSR count). The van der Waals surface area contributed by atoms with Gasteiger partial charge in [-0.15, -0.1) is 0 Å². The molecule has 0 bridgehead atoms. The second-order valence-corrected chi connectivity index (χ2v) is 2.12. The van der Waals surface area contributed by atoms with Crippen molar-refractivity contribution in [2.75, 3.05) is 13.1 Å². The monoisotopic (exact) mass is 102 g/mol. The van der Waals surface area contributed by atoms with Gasteiger partial charge in [-0.2, -0.15) is 12.6 Å². The molecule has 0 aromatic heterocycles. The van der Waals surface area contributed by atoms with Crippen LogP contribution < -0.4 is 5.32 Å². The van der Waals surface area contributed by atoms with Gasteiger partial charge < -0.3 is 5.32 Å². The van der Waals surface area contributed by atoms with Crippen molar-refractivity contribution in [2.24, 2.45) is 0 Å². The average molecular weight is 102 g/mol. The lowest BCUT2D eigenvalue weighted by atomic mass is 10.4. The highest BCUT2D eigenvalue weighted by atomic mass is 32.1. The molecular formula is C4H8NS. The summed E-state index contributed by atoms with van der Waals surface area (Å²) >= 11 is 4.17. The molecule has 1 unspecified atom stereocenters. The van der Waals surface area contributed by atoms with E-state index in [0.29, 0.717) is 5.25 Å². The zero-order valence-electron chi connectivity index (χ0n) is 3.52. The number of nitrogens with one attached hydrogen (secondary N) is 1. The van der Waals surface area contributed by atoms with E-state index in [9.17, 15) is 0 Å². The largest absolute Gasteiger partial charge is 0.315 e. The first-order valence-electron chi connectivity index (χ1n) is 2.12. The second-order valence-electron chi connectivity index (χ2n) is 1.46. The van der Waals surface area contributed by atoms with E-state index >= 15 is 0 Å². The van der Waals surface area contributed by atoms with Crippen molar-refractivity contribution in [3.05, 3.63) is 6.42 Å². The van der Waals surface area contributed by atoms with Gasteiger partial charge in [0.25, 0.3) is 0 Å². The lowest BCUT2D eigenvalue weighted by Gasteiger charge is -1.89. The third kappa shape index (κ3) is 0.884. The summed E-state index contributed by atoms with van der Waals surface area (Å²) in [6, 6.07) is 0. The normalized spacial score (nSPS) is 34.5. The summed E-state index contributed by atoms with van der Waals surface area (Å²) in [6.45, 7) is 2.08. The van der Waals surface area contributed by atoms with Crippen molar-refractivity contribution in [2.45, 2.75) is 5.25 Å². The van der Waals surface area contributed by atoms with Crippen molar-refractivity contribution >= 4 is 12.6 Å². The van der Waals surface area contributed by atoms with Gasteiger partial charge in [-0.25, -0.2) is 0 Å². The van der Waals surface area contributed by atoms with Crippen molar-refractivity contribution in [1.82, 2.24) is 5.32 Å². The van der Waals surface area contributed by atoms with Crippen molar-refractivity contribution in [3.8, 4) is 0 Å². The highest BCUT2D eigenvalue weighted by Crippen LogP contribution is 2.01. The van der Waals surface area contributed by atoms with Crippen LogP contribution in [-0.2, 0) is 0 Å². The van der Waals surface area contributed by atoms with Gasteiger partial charge in [0.15, 0.2) is 0 Å². The third-order valence-electron chi connectivity index (χ3n) is 0.888. The first kappa shape index (κ1) is 4.47. The number of thiol groups is 1. The molecule has 1 atom stereocenters. The third-order valence-corrected chi connectivity index (χ3v) is 1.28. The van der Waals surface area contributed by atoms with Crippen molar-refractivity contribution < 1.29 is 0 Å². The van der Waals surface area contributed by atoms with E-state index in [-0.39, 0.29) is 0 Å². The molecule has 0 aromatic rings. The van der Waals surface area contributed by atoms with Crippen LogP contribution in [-0.4, -0.2) is 18.3 Å². The van der Waals surface area contributed by atoms with Crippen molar-refractivity contribution in [1.29, 1.82) is 0 Å². The zero-order valence-corrected chi connectivity index (χ0v) is 4.41. The van der Waals surface area contributed by atoms with Crippen LogP contribution in [0.3, 0.4) is 0 Å². The quantitative estimate of drug-likeness (QED) is 0.413. The molecule has 1 fully saturated rings.